The first-order valence-electron chi connectivity index (χ1n) is 4.12. The molecule has 2 atom stereocenters. The van der Waals surface area contributed by atoms with Crippen molar-refractivity contribution in [1.82, 2.24) is 0 Å². The minimum atomic E-state index is -0.228. The molecule has 0 aliphatic carbocycles. The summed E-state index contributed by atoms with van der Waals surface area (Å²) in [5.41, 5.74) is 0. The standard InChI is InChI=1S/C9H13BrOS2/c1-6(11)7(2)12-5-9-3-8(10)4-13-9/h3-4,6-7,11H,5H2,1-2H3. The van der Waals surface area contributed by atoms with Crippen LogP contribution in [-0.2, 0) is 5.75 Å². The molecule has 0 radical (unpaired) electrons. The molecule has 1 N–H and O–H groups in total. The van der Waals surface area contributed by atoms with E-state index in [-0.39, 0.29) is 6.10 Å². The molecule has 1 nitrogen and oxygen atoms in total. The molecule has 74 valence electrons. The highest BCUT2D eigenvalue weighted by Gasteiger charge is 2.09. The summed E-state index contributed by atoms with van der Waals surface area (Å²) >= 11 is 6.96. The van der Waals surface area contributed by atoms with Crippen LogP contribution in [0, 0.1) is 0 Å². The van der Waals surface area contributed by atoms with E-state index >= 15 is 0 Å². The zero-order chi connectivity index (χ0) is 9.84. The van der Waals surface area contributed by atoms with Crippen molar-refractivity contribution in [2.45, 2.75) is 31.0 Å². The largest absolute Gasteiger partial charge is 0.392 e. The van der Waals surface area contributed by atoms with Gasteiger partial charge in [-0.1, -0.05) is 6.92 Å². The van der Waals surface area contributed by atoms with E-state index in [1.165, 1.54) is 4.88 Å². The van der Waals surface area contributed by atoms with E-state index in [2.05, 4.69) is 34.3 Å². The fourth-order valence-electron chi connectivity index (χ4n) is 0.782. The molecule has 1 heterocycles. The van der Waals surface area contributed by atoms with Crippen molar-refractivity contribution in [2.75, 3.05) is 0 Å². The predicted octanol–water partition coefficient (Wildman–Crippen LogP) is 3.51. The second-order valence-corrected chi connectivity index (χ2v) is 6.26. The van der Waals surface area contributed by atoms with Gasteiger partial charge < -0.3 is 5.11 Å². The maximum absolute atomic E-state index is 9.28. The van der Waals surface area contributed by atoms with Crippen LogP contribution in [0.15, 0.2) is 15.9 Å². The lowest BCUT2D eigenvalue weighted by molar-refractivity contribution is 0.196. The SMILES string of the molecule is CC(O)C(C)SCc1cc(Br)cs1. The Bertz CT molecular complexity index is 260. The molecule has 0 aliphatic rings. The third-order valence-corrected chi connectivity index (χ3v) is 5.07. The van der Waals surface area contributed by atoms with Crippen molar-refractivity contribution >= 4 is 39.0 Å². The van der Waals surface area contributed by atoms with Crippen LogP contribution in [0.5, 0.6) is 0 Å². The third kappa shape index (κ3) is 4.02. The molecular formula is C9H13BrOS2. The molecule has 0 aromatic carbocycles. The predicted molar refractivity (Wildman–Crippen MR) is 64.5 cm³/mol. The first-order valence-corrected chi connectivity index (χ1v) is 6.84. The van der Waals surface area contributed by atoms with E-state index in [9.17, 15) is 5.11 Å². The Kier molecular flexibility index (Phi) is 4.80. The highest BCUT2D eigenvalue weighted by atomic mass is 79.9. The summed E-state index contributed by atoms with van der Waals surface area (Å²) in [4.78, 5) is 1.35. The van der Waals surface area contributed by atoms with Gasteiger partial charge in [0.2, 0.25) is 0 Å². The Hall–Kier alpha value is 0.490. The molecule has 0 spiro atoms. The molecule has 1 aromatic rings. The van der Waals surface area contributed by atoms with Crippen LogP contribution in [-0.4, -0.2) is 16.5 Å². The normalized spacial score (nSPS) is 15.7. The second kappa shape index (κ2) is 5.39. The number of halogens is 1. The number of thiophene rings is 1. The Morgan fingerprint density at radius 2 is 2.31 bits per heavy atom. The summed E-state index contributed by atoms with van der Waals surface area (Å²) in [5, 5.41) is 11.7. The van der Waals surface area contributed by atoms with Crippen LogP contribution in [0.25, 0.3) is 0 Å². The Labute approximate surface area is 95.7 Å². The average Bonchev–Trinajstić information content (AvgIpc) is 2.47. The van der Waals surface area contributed by atoms with Crippen molar-refractivity contribution in [1.29, 1.82) is 0 Å². The van der Waals surface area contributed by atoms with Gasteiger partial charge in [-0.3, -0.25) is 0 Å². The summed E-state index contributed by atoms with van der Waals surface area (Å²) in [5.74, 6) is 0.988. The molecule has 0 amide bonds. The fraction of sp³-hybridized carbons (Fsp3) is 0.556. The second-order valence-electron chi connectivity index (χ2n) is 2.99. The molecule has 1 rings (SSSR count). The summed E-state index contributed by atoms with van der Waals surface area (Å²) in [6.45, 7) is 3.89. The average molecular weight is 281 g/mol. The molecule has 0 aliphatic heterocycles. The van der Waals surface area contributed by atoms with Gasteiger partial charge in [0.05, 0.1) is 6.10 Å². The lowest BCUT2D eigenvalue weighted by atomic mass is 10.3. The monoisotopic (exact) mass is 280 g/mol. The van der Waals surface area contributed by atoms with Gasteiger partial charge in [-0.2, -0.15) is 11.8 Å². The highest BCUT2D eigenvalue weighted by molar-refractivity contribution is 9.10. The molecule has 0 saturated heterocycles. The van der Waals surface area contributed by atoms with Crippen molar-refractivity contribution in [3.8, 4) is 0 Å². The summed E-state index contributed by atoms with van der Waals surface area (Å²) < 4.78 is 1.15. The lowest BCUT2D eigenvalue weighted by Gasteiger charge is -2.12. The molecule has 1 aromatic heterocycles. The van der Waals surface area contributed by atoms with Crippen LogP contribution in [0.3, 0.4) is 0 Å². The van der Waals surface area contributed by atoms with Gasteiger partial charge in [0.25, 0.3) is 0 Å². The van der Waals surface area contributed by atoms with Gasteiger partial charge in [0.1, 0.15) is 0 Å². The minimum absolute atomic E-state index is 0.228. The Morgan fingerprint density at radius 3 is 2.77 bits per heavy atom. The molecule has 0 bridgehead atoms. The van der Waals surface area contributed by atoms with Crippen LogP contribution in [0.2, 0.25) is 0 Å². The number of hydrogen-bond donors (Lipinski definition) is 1. The fourth-order valence-corrected chi connectivity index (χ4v) is 3.28. The van der Waals surface area contributed by atoms with Gasteiger partial charge in [-0.05, 0) is 28.9 Å². The minimum Gasteiger partial charge on any atom is -0.392 e. The van der Waals surface area contributed by atoms with Crippen molar-refractivity contribution in [2.24, 2.45) is 0 Å². The highest BCUT2D eigenvalue weighted by Crippen LogP contribution is 2.26. The zero-order valence-electron chi connectivity index (χ0n) is 7.66. The molecular weight excluding hydrogens is 268 g/mol. The van der Waals surface area contributed by atoms with Gasteiger partial charge >= 0.3 is 0 Å². The molecule has 0 saturated carbocycles. The first kappa shape index (κ1) is 11.6. The van der Waals surface area contributed by atoms with E-state index in [1.54, 1.807) is 23.1 Å². The van der Waals surface area contributed by atoms with Crippen LogP contribution in [0.1, 0.15) is 18.7 Å². The quantitative estimate of drug-likeness (QED) is 0.911. The molecule has 0 fully saturated rings. The van der Waals surface area contributed by atoms with E-state index in [0.29, 0.717) is 5.25 Å². The maximum Gasteiger partial charge on any atom is 0.0628 e. The lowest BCUT2D eigenvalue weighted by Crippen LogP contribution is -2.15. The number of hydrogen-bond acceptors (Lipinski definition) is 3. The smallest absolute Gasteiger partial charge is 0.0628 e. The number of thioether (sulfide) groups is 1. The Balaban J connectivity index is 2.35. The number of aliphatic hydroxyl groups excluding tert-OH is 1. The van der Waals surface area contributed by atoms with E-state index in [4.69, 9.17) is 0 Å². The summed E-state index contributed by atoms with van der Waals surface area (Å²) in [6.07, 6.45) is -0.228. The molecule has 4 heteroatoms. The van der Waals surface area contributed by atoms with Crippen molar-refractivity contribution < 1.29 is 5.11 Å². The molecule has 13 heavy (non-hydrogen) atoms. The van der Waals surface area contributed by atoms with Crippen molar-refractivity contribution in [3.63, 3.8) is 0 Å². The van der Waals surface area contributed by atoms with Gasteiger partial charge in [-0.25, -0.2) is 0 Å². The molecule has 2 unspecified atom stereocenters. The topological polar surface area (TPSA) is 20.2 Å². The van der Waals surface area contributed by atoms with E-state index in [0.717, 1.165) is 10.2 Å². The summed E-state index contributed by atoms with van der Waals surface area (Å²) in [6, 6.07) is 2.13. The third-order valence-electron chi connectivity index (χ3n) is 1.79. The maximum atomic E-state index is 9.28. The van der Waals surface area contributed by atoms with Crippen LogP contribution < -0.4 is 0 Å². The number of rotatable bonds is 4. The first-order chi connectivity index (χ1) is 6.09. The Morgan fingerprint density at radius 1 is 1.62 bits per heavy atom. The van der Waals surface area contributed by atoms with Crippen molar-refractivity contribution in [3.05, 3.63) is 20.8 Å². The number of aliphatic hydroxyl groups is 1. The van der Waals surface area contributed by atoms with Gasteiger partial charge in [-0.15, -0.1) is 11.3 Å². The van der Waals surface area contributed by atoms with Gasteiger partial charge in [0, 0.05) is 25.7 Å². The zero-order valence-corrected chi connectivity index (χ0v) is 10.9. The van der Waals surface area contributed by atoms with Crippen LogP contribution in [0.4, 0.5) is 0 Å². The van der Waals surface area contributed by atoms with Gasteiger partial charge in [0.15, 0.2) is 0 Å². The summed E-state index contributed by atoms with van der Waals surface area (Å²) in [7, 11) is 0. The van der Waals surface area contributed by atoms with Crippen LogP contribution >= 0.6 is 39.0 Å². The van der Waals surface area contributed by atoms with E-state index < -0.39 is 0 Å². The van der Waals surface area contributed by atoms with E-state index in [1.807, 2.05) is 6.92 Å².